The fourth-order valence-corrected chi connectivity index (χ4v) is 4.74. The molecule has 1 aliphatic heterocycles. The zero-order chi connectivity index (χ0) is 21.0. The van der Waals surface area contributed by atoms with E-state index in [1.807, 2.05) is 26.0 Å². The first-order chi connectivity index (χ1) is 13.8. The summed E-state index contributed by atoms with van der Waals surface area (Å²) < 4.78 is 27.4. The molecule has 1 heterocycles. The summed E-state index contributed by atoms with van der Waals surface area (Å²) in [6.45, 7) is 5.22. The summed E-state index contributed by atoms with van der Waals surface area (Å²) >= 11 is 0. The maximum absolute atomic E-state index is 12.5. The van der Waals surface area contributed by atoms with Crippen LogP contribution in [0, 0.1) is 13.8 Å². The summed E-state index contributed by atoms with van der Waals surface area (Å²) in [5, 5.41) is 9.41. The maximum Gasteiger partial charge on any atom is 0.240 e. The van der Waals surface area contributed by atoms with Gasteiger partial charge in [0, 0.05) is 26.1 Å². The third-order valence-electron chi connectivity index (χ3n) is 5.63. The van der Waals surface area contributed by atoms with Gasteiger partial charge in [0.05, 0.1) is 4.90 Å². The molecule has 0 unspecified atom stereocenters. The van der Waals surface area contributed by atoms with Crippen LogP contribution >= 0.6 is 0 Å². The van der Waals surface area contributed by atoms with Crippen LogP contribution in [0.3, 0.4) is 0 Å². The van der Waals surface area contributed by atoms with Crippen LogP contribution in [0.15, 0.2) is 47.4 Å². The summed E-state index contributed by atoms with van der Waals surface area (Å²) in [6.07, 6.45) is 1.88. The number of nitrogens with one attached hydrogen (secondary N) is 1. The Labute approximate surface area is 172 Å². The minimum Gasteiger partial charge on any atom is -0.508 e. The van der Waals surface area contributed by atoms with Gasteiger partial charge < -0.3 is 10.0 Å². The average molecular weight is 417 g/mol. The first-order valence-corrected chi connectivity index (χ1v) is 11.4. The highest BCUT2D eigenvalue weighted by atomic mass is 32.2. The molecule has 0 spiro atoms. The second-order valence-electron chi connectivity index (χ2n) is 7.64. The standard InChI is InChI=1S/C22H28N2O4S/c1-16-3-8-21(15-17(16)2)29(27,28)23-12-9-22(26)24-13-10-19(11-14-24)18-4-6-20(25)7-5-18/h3-8,15,19,23,25H,9-14H2,1-2H3. The molecule has 156 valence electrons. The molecule has 2 N–H and O–H groups in total. The van der Waals surface area contributed by atoms with Gasteiger partial charge in [0.25, 0.3) is 0 Å². The highest BCUT2D eigenvalue weighted by molar-refractivity contribution is 7.89. The minimum atomic E-state index is -3.62. The molecule has 0 atom stereocenters. The summed E-state index contributed by atoms with van der Waals surface area (Å²) in [5.41, 5.74) is 3.13. The van der Waals surface area contributed by atoms with Gasteiger partial charge in [-0.1, -0.05) is 18.2 Å². The number of hydrogen-bond acceptors (Lipinski definition) is 4. The predicted octanol–water partition coefficient (Wildman–Crippen LogP) is 3.08. The molecular formula is C22H28N2O4S. The molecule has 3 rings (SSSR count). The van der Waals surface area contributed by atoms with E-state index in [0.29, 0.717) is 19.0 Å². The molecule has 6 nitrogen and oxygen atoms in total. The van der Waals surface area contributed by atoms with Crippen molar-refractivity contribution in [2.75, 3.05) is 19.6 Å². The van der Waals surface area contributed by atoms with Gasteiger partial charge in [-0.2, -0.15) is 0 Å². The summed E-state index contributed by atoms with van der Waals surface area (Å²) in [7, 11) is -3.62. The predicted molar refractivity (Wildman–Crippen MR) is 112 cm³/mol. The van der Waals surface area contributed by atoms with Gasteiger partial charge in [-0.25, -0.2) is 13.1 Å². The van der Waals surface area contributed by atoms with Crippen molar-refractivity contribution in [2.24, 2.45) is 0 Å². The Kier molecular flexibility index (Phi) is 6.59. The van der Waals surface area contributed by atoms with Crippen LogP contribution < -0.4 is 4.72 Å². The van der Waals surface area contributed by atoms with Crippen LogP contribution in [0.4, 0.5) is 0 Å². The van der Waals surface area contributed by atoms with Crippen molar-refractivity contribution in [1.29, 1.82) is 0 Å². The SMILES string of the molecule is Cc1ccc(S(=O)(=O)NCCC(=O)N2CCC(c3ccc(O)cc3)CC2)cc1C. The highest BCUT2D eigenvalue weighted by Crippen LogP contribution is 2.29. The molecule has 0 bridgehead atoms. The number of sulfonamides is 1. The number of carbonyl (C=O) groups is 1. The zero-order valence-corrected chi connectivity index (χ0v) is 17.7. The van der Waals surface area contributed by atoms with E-state index >= 15 is 0 Å². The lowest BCUT2D eigenvalue weighted by Crippen LogP contribution is -2.39. The van der Waals surface area contributed by atoms with E-state index in [1.54, 1.807) is 35.2 Å². The lowest BCUT2D eigenvalue weighted by atomic mass is 9.89. The van der Waals surface area contributed by atoms with Crippen molar-refractivity contribution in [3.8, 4) is 5.75 Å². The maximum atomic E-state index is 12.5. The van der Waals surface area contributed by atoms with E-state index in [0.717, 1.165) is 24.0 Å². The molecule has 1 aliphatic rings. The van der Waals surface area contributed by atoms with Crippen LogP contribution in [0.2, 0.25) is 0 Å². The molecular weight excluding hydrogens is 388 g/mol. The van der Waals surface area contributed by atoms with Crippen LogP contribution in [0.25, 0.3) is 0 Å². The summed E-state index contributed by atoms with van der Waals surface area (Å²) in [5.74, 6) is 0.601. The van der Waals surface area contributed by atoms with Gasteiger partial charge in [-0.05, 0) is 73.6 Å². The Bertz CT molecular complexity index is 963. The monoisotopic (exact) mass is 416 g/mol. The summed E-state index contributed by atoms with van der Waals surface area (Å²) in [6, 6.07) is 12.3. The fourth-order valence-electron chi connectivity index (χ4n) is 3.62. The molecule has 0 aromatic heterocycles. The second kappa shape index (κ2) is 8.97. The van der Waals surface area contributed by atoms with Crippen molar-refractivity contribution in [3.05, 3.63) is 59.2 Å². The van der Waals surface area contributed by atoms with E-state index in [9.17, 15) is 18.3 Å². The van der Waals surface area contributed by atoms with Gasteiger partial charge in [-0.3, -0.25) is 4.79 Å². The topological polar surface area (TPSA) is 86.7 Å². The van der Waals surface area contributed by atoms with Gasteiger partial charge in [0.1, 0.15) is 5.75 Å². The number of aryl methyl sites for hydroxylation is 2. The molecule has 0 radical (unpaired) electrons. The lowest BCUT2D eigenvalue weighted by molar-refractivity contribution is -0.132. The van der Waals surface area contributed by atoms with E-state index in [-0.39, 0.29) is 29.5 Å². The van der Waals surface area contributed by atoms with Gasteiger partial charge in [0.15, 0.2) is 0 Å². The first kappa shape index (κ1) is 21.3. The van der Waals surface area contributed by atoms with Crippen LogP contribution in [0.5, 0.6) is 5.75 Å². The molecule has 1 fully saturated rings. The van der Waals surface area contributed by atoms with Crippen molar-refractivity contribution in [3.63, 3.8) is 0 Å². The van der Waals surface area contributed by atoms with Crippen molar-refractivity contribution in [1.82, 2.24) is 9.62 Å². The Balaban J connectivity index is 1.47. The number of nitrogens with zero attached hydrogens (tertiary/aromatic N) is 1. The van der Waals surface area contributed by atoms with E-state index in [2.05, 4.69) is 4.72 Å². The Morgan fingerprint density at radius 3 is 2.34 bits per heavy atom. The van der Waals surface area contributed by atoms with E-state index in [1.165, 1.54) is 5.56 Å². The number of likely N-dealkylation sites (tertiary alicyclic amines) is 1. The molecule has 2 aromatic rings. The minimum absolute atomic E-state index is 0.0306. The molecule has 1 saturated heterocycles. The largest absolute Gasteiger partial charge is 0.508 e. The molecule has 2 aromatic carbocycles. The number of carbonyl (C=O) groups excluding carboxylic acids is 1. The summed E-state index contributed by atoms with van der Waals surface area (Å²) in [4.78, 5) is 14.5. The van der Waals surface area contributed by atoms with E-state index < -0.39 is 10.0 Å². The second-order valence-corrected chi connectivity index (χ2v) is 9.41. The van der Waals surface area contributed by atoms with Crippen LogP contribution in [-0.4, -0.2) is 44.0 Å². The fraction of sp³-hybridized carbons (Fsp3) is 0.409. The number of phenols is 1. The average Bonchev–Trinajstić information content (AvgIpc) is 2.70. The number of amides is 1. The van der Waals surface area contributed by atoms with Gasteiger partial charge >= 0.3 is 0 Å². The van der Waals surface area contributed by atoms with Gasteiger partial charge in [-0.15, -0.1) is 0 Å². The number of hydrogen-bond donors (Lipinski definition) is 2. The van der Waals surface area contributed by atoms with Crippen LogP contribution in [-0.2, 0) is 14.8 Å². The molecule has 0 saturated carbocycles. The first-order valence-electron chi connectivity index (χ1n) is 9.90. The lowest BCUT2D eigenvalue weighted by Gasteiger charge is -2.32. The zero-order valence-electron chi connectivity index (χ0n) is 16.9. The highest BCUT2D eigenvalue weighted by Gasteiger charge is 2.24. The van der Waals surface area contributed by atoms with E-state index in [4.69, 9.17) is 0 Å². The quantitative estimate of drug-likeness (QED) is 0.758. The number of phenolic OH excluding ortho intramolecular Hbond substituents is 1. The number of rotatable bonds is 6. The molecule has 7 heteroatoms. The van der Waals surface area contributed by atoms with Crippen molar-refractivity contribution < 1.29 is 18.3 Å². The Morgan fingerprint density at radius 1 is 1.07 bits per heavy atom. The number of piperidine rings is 1. The smallest absolute Gasteiger partial charge is 0.240 e. The van der Waals surface area contributed by atoms with Crippen molar-refractivity contribution in [2.45, 2.75) is 43.9 Å². The van der Waals surface area contributed by atoms with Crippen molar-refractivity contribution >= 4 is 15.9 Å². The third kappa shape index (κ3) is 5.36. The third-order valence-corrected chi connectivity index (χ3v) is 7.09. The number of aromatic hydroxyl groups is 1. The van der Waals surface area contributed by atoms with Crippen LogP contribution in [0.1, 0.15) is 41.9 Å². The van der Waals surface area contributed by atoms with Gasteiger partial charge in [0.2, 0.25) is 15.9 Å². The molecule has 0 aliphatic carbocycles. The normalized spacial score (nSPS) is 15.4. The Morgan fingerprint density at radius 2 is 1.72 bits per heavy atom. The molecule has 1 amide bonds. The molecule has 29 heavy (non-hydrogen) atoms. The number of benzene rings is 2. The Hall–Kier alpha value is -2.38.